The van der Waals surface area contributed by atoms with Crippen molar-refractivity contribution in [2.24, 2.45) is 5.92 Å². The first-order valence-corrected chi connectivity index (χ1v) is 29.7. The summed E-state index contributed by atoms with van der Waals surface area (Å²) < 4.78 is 71.9. The molecule has 2 aromatic rings. The van der Waals surface area contributed by atoms with Gasteiger partial charge in [0.1, 0.15) is 59.2 Å². The van der Waals surface area contributed by atoms with Gasteiger partial charge in [0.25, 0.3) is 17.5 Å². The molecule has 1 aliphatic carbocycles. The fourth-order valence-electron chi connectivity index (χ4n) is 10.3. The second kappa shape index (κ2) is 27.8. The predicted molar refractivity (Wildman–Crippen MR) is 304 cm³/mol. The van der Waals surface area contributed by atoms with Crippen molar-refractivity contribution in [3.8, 4) is 0 Å². The number of imide groups is 1. The molecule has 0 aromatic heterocycles. The van der Waals surface area contributed by atoms with Crippen molar-refractivity contribution in [3.05, 3.63) is 87.2 Å². The lowest BCUT2D eigenvalue weighted by Crippen LogP contribution is -2.71. The fraction of sp³-hybridized carbons (Fsp3) is 0.625. The number of non-ortho nitro benzene ring substituents is 1. The van der Waals surface area contributed by atoms with Crippen LogP contribution in [0.5, 0.6) is 0 Å². The van der Waals surface area contributed by atoms with E-state index in [1.807, 2.05) is 0 Å². The first-order chi connectivity index (χ1) is 40.3. The van der Waals surface area contributed by atoms with Gasteiger partial charge in [0.15, 0.2) is 6.29 Å². The van der Waals surface area contributed by atoms with Gasteiger partial charge in [-0.25, -0.2) is 32.3 Å². The van der Waals surface area contributed by atoms with Crippen LogP contribution in [0.15, 0.2) is 60.4 Å². The first kappa shape index (κ1) is 68.8. The molecule has 6 rings (SSSR count). The molecule has 87 heavy (non-hydrogen) atoms. The molecule has 1 saturated carbocycles. The number of likely N-dealkylation sites (N-methyl/N-ethyl adjacent to an activating group) is 1. The highest BCUT2D eigenvalue weighted by Gasteiger charge is 2.57. The van der Waals surface area contributed by atoms with Crippen LogP contribution in [0.25, 0.3) is 0 Å². The number of nitro groups is 1. The number of alkyl carbamates (subject to hydrolysis) is 3. The Morgan fingerprint density at radius 2 is 1.44 bits per heavy atom. The Hall–Kier alpha value is -7.26. The van der Waals surface area contributed by atoms with E-state index in [-0.39, 0.29) is 48.6 Å². The van der Waals surface area contributed by atoms with Crippen LogP contribution in [0, 0.1) is 16.0 Å². The molecular formula is C56H80N8O22S. The number of aliphatic hydroxyl groups is 4. The topological polar surface area (TPSA) is 409 Å². The van der Waals surface area contributed by atoms with Crippen molar-refractivity contribution < 1.29 is 100 Å². The molecule has 482 valence electrons. The van der Waals surface area contributed by atoms with Gasteiger partial charge in [-0.3, -0.25) is 29.4 Å². The largest absolute Gasteiger partial charge is 0.491 e. The molecule has 9 N–H and O–H groups in total. The van der Waals surface area contributed by atoms with E-state index >= 15 is 0 Å². The number of amides is 7. The van der Waals surface area contributed by atoms with Crippen LogP contribution in [-0.2, 0) is 54.6 Å². The average molecular weight is 1250 g/mol. The number of carbonyl (C=O) groups excluding carboxylic acids is 7. The molecule has 2 fully saturated rings. The van der Waals surface area contributed by atoms with Gasteiger partial charge in [-0.1, -0.05) is 12.1 Å². The number of hydrogen-bond acceptors (Lipinski definition) is 22. The van der Waals surface area contributed by atoms with E-state index in [0.717, 1.165) is 9.80 Å². The van der Waals surface area contributed by atoms with E-state index in [0.29, 0.717) is 5.56 Å². The Kier molecular flexibility index (Phi) is 22.0. The summed E-state index contributed by atoms with van der Waals surface area (Å²) in [7, 11) is -3.33. The minimum absolute atomic E-state index is 0.0470. The molecule has 3 aliphatic heterocycles. The van der Waals surface area contributed by atoms with Gasteiger partial charge in [0.2, 0.25) is 15.9 Å². The Morgan fingerprint density at radius 1 is 0.839 bits per heavy atom. The lowest BCUT2D eigenvalue weighted by molar-refractivity contribution is -0.384. The van der Waals surface area contributed by atoms with E-state index < -0.39 is 178 Å². The summed E-state index contributed by atoms with van der Waals surface area (Å²) in [4.78, 5) is 106. The molecule has 1 saturated heterocycles. The summed E-state index contributed by atoms with van der Waals surface area (Å²) in [6, 6.07) is 5.22. The van der Waals surface area contributed by atoms with Crippen LogP contribution >= 0.6 is 0 Å². The Balaban J connectivity index is 1.38. The monoisotopic (exact) mass is 1250 g/mol. The number of rotatable bonds is 20. The number of nitrogens with one attached hydrogen (secondary N) is 5. The van der Waals surface area contributed by atoms with Crippen LogP contribution in [0.4, 0.5) is 24.9 Å². The van der Waals surface area contributed by atoms with Crippen molar-refractivity contribution in [2.75, 3.05) is 39.0 Å². The van der Waals surface area contributed by atoms with Crippen LogP contribution in [0.3, 0.4) is 0 Å². The van der Waals surface area contributed by atoms with Crippen LogP contribution in [-0.4, -0.2) is 208 Å². The third kappa shape index (κ3) is 18.9. The third-order valence-electron chi connectivity index (χ3n) is 14.1. The standard InChI is InChI=1S/C56H80N8O22S/c1-53(2,3)84-50(72)57-23-22-38(65)45(68)59-37-26-36(60-51(73)85-54(4,5)6)39(40(66)43(37)83-48-41(67)44(56(10,75)29-81-48)62(11)52(74)86-55(7,8)9)42-35(61-87(78,79)25-24-63-46(69)33-14-12-13-15-34(33)47(63)70)21-20-32(82-42)27-58-49(71)80-28-30-16-18-31(19-17-30)64(76)77/h12-20,35-44,48,61,65-67,75H,21-29H2,1-11H3,(H,57,72)(H,58,71)(H,59,68)(H,60,73)/t35-,36+,37-,38+,39-,40+,41-,42?,43+,44-,48-,56+/m1/s1. The summed E-state index contributed by atoms with van der Waals surface area (Å²) in [6.45, 7) is 13.4. The number of fused-ring (bicyclic) bond motifs is 1. The molecule has 12 atom stereocenters. The van der Waals surface area contributed by atoms with Crippen molar-refractivity contribution in [2.45, 2.75) is 178 Å². The van der Waals surface area contributed by atoms with Crippen LogP contribution in [0.1, 0.15) is 115 Å². The minimum atomic E-state index is -4.58. The molecule has 31 heteroatoms. The molecule has 1 unspecified atom stereocenters. The lowest BCUT2D eigenvalue weighted by Gasteiger charge is -2.52. The second-order valence-corrected chi connectivity index (χ2v) is 26.6. The third-order valence-corrected chi connectivity index (χ3v) is 15.4. The predicted octanol–water partition coefficient (Wildman–Crippen LogP) is 2.20. The normalized spacial score (nSPS) is 26.2. The number of nitro benzene ring substituents is 1. The summed E-state index contributed by atoms with van der Waals surface area (Å²) in [5.41, 5.74) is -4.70. The maximum atomic E-state index is 14.3. The molecule has 0 radical (unpaired) electrons. The number of aliphatic hydroxyl groups excluding tert-OH is 3. The highest BCUT2D eigenvalue weighted by atomic mass is 32.2. The highest BCUT2D eigenvalue weighted by molar-refractivity contribution is 7.89. The van der Waals surface area contributed by atoms with Crippen molar-refractivity contribution in [1.29, 1.82) is 0 Å². The number of ether oxygens (including phenoxy) is 7. The van der Waals surface area contributed by atoms with Gasteiger partial charge in [-0.2, -0.15) is 0 Å². The number of carbonyl (C=O) groups is 7. The average Bonchev–Trinajstić information content (AvgIpc) is 1.11. The smallest absolute Gasteiger partial charge is 0.410 e. The number of nitrogens with zero attached hydrogens (tertiary/aromatic N) is 3. The zero-order valence-corrected chi connectivity index (χ0v) is 51.1. The summed E-state index contributed by atoms with van der Waals surface area (Å²) in [5, 5.41) is 69.5. The van der Waals surface area contributed by atoms with Gasteiger partial charge >= 0.3 is 24.4 Å². The van der Waals surface area contributed by atoms with E-state index in [1.54, 1.807) is 74.4 Å². The van der Waals surface area contributed by atoms with Crippen LogP contribution in [0.2, 0.25) is 0 Å². The van der Waals surface area contributed by atoms with Crippen molar-refractivity contribution in [1.82, 2.24) is 35.8 Å². The van der Waals surface area contributed by atoms with Gasteiger partial charge in [-0.05, 0) is 124 Å². The number of sulfonamides is 1. The van der Waals surface area contributed by atoms with Crippen LogP contribution < -0.4 is 26.0 Å². The van der Waals surface area contributed by atoms with Crippen molar-refractivity contribution in [3.63, 3.8) is 0 Å². The molecule has 30 nitrogen and oxygen atoms in total. The summed E-state index contributed by atoms with van der Waals surface area (Å²) in [5.74, 6) is -5.03. The zero-order valence-electron chi connectivity index (χ0n) is 50.3. The maximum Gasteiger partial charge on any atom is 0.410 e. The van der Waals surface area contributed by atoms with E-state index in [9.17, 15) is 72.5 Å². The molecule has 4 aliphatic rings. The van der Waals surface area contributed by atoms with Gasteiger partial charge in [-0.15, -0.1) is 0 Å². The molecule has 0 spiro atoms. The Labute approximate surface area is 503 Å². The molecule has 7 amide bonds. The molecule has 3 heterocycles. The fourth-order valence-corrected chi connectivity index (χ4v) is 11.5. The van der Waals surface area contributed by atoms with E-state index in [2.05, 4.69) is 26.0 Å². The molecule has 0 bridgehead atoms. The minimum Gasteiger partial charge on any atom is -0.491 e. The first-order valence-electron chi connectivity index (χ1n) is 28.0. The van der Waals surface area contributed by atoms with Gasteiger partial charge in [0.05, 0.1) is 59.2 Å². The van der Waals surface area contributed by atoms with E-state index in [4.69, 9.17) is 33.2 Å². The number of benzene rings is 2. The highest BCUT2D eigenvalue weighted by Crippen LogP contribution is 2.39. The van der Waals surface area contributed by atoms with Gasteiger partial charge in [0, 0.05) is 44.2 Å². The zero-order chi connectivity index (χ0) is 64.7. The van der Waals surface area contributed by atoms with Crippen molar-refractivity contribution >= 4 is 57.8 Å². The lowest BCUT2D eigenvalue weighted by atomic mass is 9.72. The van der Waals surface area contributed by atoms with E-state index in [1.165, 1.54) is 56.4 Å². The Morgan fingerprint density at radius 3 is 2.02 bits per heavy atom. The summed E-state index contributed by atoms with van der Waals surface area (Å²) in [6.07, 6.45) is -14.9. The summed E-state index contributed by atoms with van der Waals surface area (Å²) >= 11 is 0. The SMILES string of the molecule is CN(C(=O)OC(C)(C)C)[C@@H]1[C@@H](O)[C@@H](O[C@@H]2[C@@H](O)[C@H](C3OC(CNC(=O)OCc4ccc([N+](=O)[O-])cc4)=CC[C@H]3NS(=O)(=O)CCN3C(=O)c4ccccc4C3=O)[C@@H](NC(=O)OC(C)(C)C)C[C@H]2NC(=O)[C@@H](O)CCNC(=O)OC(C)(C)C)OC[C@]1(C)O. The maximum absolute atomic E-state index is 14.3. The Bertz CT molecular complexity index is 2960. The number of hydrogen-bond donors (Lipinski definition) is 9. The second-order valence-electron chi connectivity index (χ2n) is 24.8. The molecule has 2 aromatic carbocycles. The van der Waals surface area contributed by atoms with Gasteiger partial charge < -0.3 is 79.8 Å². The molecular weight excluding hydrogens is 1170 g/mol. The quantitative estimate of drug-likeness (QED) is 0.0397.